The van der Waals surface area contributed by atoms with Crippen LogP contribution < -0.4 is 4.74 Å². The maximum absolute atomic E-state index is 6.10. The molecule has 0 saturated carbocycles. The van der Waals surface area contributed by atoms with Crippen molar-refractivity contribution in [1.82, 2.24) is 0 Å². The number of hydrogen-bond acceptors (Lipinski definition) is 1. The van der Waals surface area contributed by atoms with E-state index in [0.29, 0.717) is 33.3 Å². The minimum atomic E-state index is 0.309. The van der Waals surface area contributed by atoms with Crippen LogP contribution in [0.3, 0.4) is 0 Å². The summed E-state index contributed by atoms with van der Waals surface area (Å²) in [5.74, 6) is 0.926. The van der Waals surface area contributed by atoms with Gasteiger partial charge in [0.15, 0.2) is 0 Å². The van der Waals surface area contributed by atoms with Gasteiger partial charge in [0.1, 0.15) is 12.4 Å². The Labute approximate surface area is 132 Å². The van der Waals surface area contributed by atoms with E-state index in [1.54, 1.807) is 18.2 Å². The monoisotopic (exact) mass is 334 g/mol. The van der Waals surface area contributed by atoms with E-state index in [-0.39, 0.29) is 0 Å². The van der Waals surface area contributed by atoms with Crippen LogP contribution in [0.1, 0.15) is 11.1 Å². The van der Waals surface area contributed by atoms with Gasteiger partial charge in [0, 0.05) is 21.2 Å². The molecule has 0 aromatic heterocycles. The molecule has 100 valence electrons. The second-order valence-electron chi connectivity index (χ2n) is 3.89. The predicted molar refractivity (Wildman–Crippen MR) is 81.8 cm³/mol. The summed E-state index contributed by atoms with van der Waals surface area (Å²) < 4.78 is 5.72. The maximum atomic E-state index is 6.10. The van der Waals surface area contributed by atoms with Gasteiger partial charge < -0.3 is 4.74 Å². The third-order valence-electron chi connectivity index (χ3n) is 2.58. The third-order valence-corrected chi connectivity index (χ3v) is 3.75. The van der Waals surface area contributed by atoms with Gasteiger partial charge in [0.2, 0.25) is 0 Å². The fourth-order valence-electron chi connectivity index (χ4n) is 1.61. The molecule has 1 nitrogen and oxygen atoms in total. The van der Waals surface area contributed by atoms with Gasteiger partial charge >= 0.3 is 0 Å². The van der Waals surface area contributed by atoms with Crippen molar-refractivity contribution in [1.29, 1.82) is 0 Å². The van der Waals surface area contributed by atoms with E-state index in [4.69, 9.17) is 51.1 Å². The highest BCUT2D eigenvalue weighted by atomic mass is 35.5. The van der Waals surface area contributed by atoms with Crippen molar-refractivity contribution >= 4 is 46.4 Å². The zero-order chi connectivity index (χ0) is 13.8. The van der Waals surface area contributed by atoms with Crippen LogP contribution in [0.5, 0.6) is 5.75 Å². The fourth-order valence-corrected chi connectivity index (χ4v) is 2.53. The summed E-state index contributed by atoms with van der Waals surface area (Å²) in [6.45, 7) is 0.309. The van der Waals surface area contributed by atoms with Crippen LogP contribution in [0.4, 0.5) is 0 Å². The minimum absolute atomic E-state index is 0.309. The van der Waals surface area contributed by atoms with Crippen LogP contribution in [0.15, 0.2) is 36.4 Å². The quantitative estimate of drug-likeness (QED) is 0.626. The topological polar surface area (TPSA) is 9.23 Å². The summed E-state index contributed by atoms with van der Waals surface area (Å²) in [6, 6.07) is 10.7. The van der Waals surface area contributed by atoms with Crippen molar-refractivity contribution < 1.29 is 4.74 Å². The molecule has 0 radical (unpaired) electrons. The van der Waals surface area contributed by atoms with Crippen LogP contribution in [-0.4, -0.2) is 0 Å². The van der Waals surface area contributed by atoms with Crippen molar-refractivity contribution in [3.8, 4) is 5.75 Å². The van der Waals surface area contributed by atoms with Crippen LogP contribution in [-0.2, 0) is 12.5 Å². The van der Waals surface area contributed by atoms with E-state index in [1.807, 2.05) is 18.2 Å². The molecule has 0 amide bonds. The van der Waals surface area contributed by atoms with Crippen molar-refractivity contribution in [2.45, 2.75) is 12.5 Å². The van der Waals surface area contributed by atoms with Crippen molar-refractivity contribution in [2.24, 2.45) is 0 Å². The third kappa shape index (κ3) is 3.70. The summed E-state index contributed by atoms with van der Waals surface area (Å²) in [4.78, 5) is 0. The zero-order valence-electron chi connectivity index (χ0n) is 9.80. The first kappa shape index (κ1) is 14.8. The summed E-state index contributed by atoms with van der Waals surface area (Å²) >= 11 is 23.9. The zero-order valence-corrected chi connectivity index (χ0v) is 12.8. The molecule has 2 rings (SSSR count). The van der Waals surface area contributed by atoms with Crippen molar-refractivity contribution in [3.63, 3.8) is 0 Å². The molecule has 0 saturated heterocycles. The number of alkyl halides is 1. The molecule has 0 fully saturated rings. The van der Waals surface area contributed by atoms with Gasteiger partial charge in [-0.1, -0.05) is 53.0 Å². The number of halogens is 4. The first-order chi connectivity index (χ1) is 9.11. The molecule has 19 heavy (non-hydrogen) atoms. The first-order valence-electron chi connectivity index (χ1n) is 5.52. The van der Waals surface area contributed by atoms with Gasteiger partial charge in [-0.3, -0.25) is 0 Å². The average molecular weight is 336 g/mol. The summed E-state index contributed by atoms with van der Waals surface area (Å²) in [5, 5.41) is 1.68. The highest BCUT2D eigenvalue weighted by Crippen LogP contribution is 2.31. The number of ether oxygens (including phenoxy) is 1. The van der Waals surface area contributed by atoms with E-state index in [1.165, 1.54) is 0 Å². The van der Waals surface area contributed by atoms with Gasteiger partial charge in [-0.25, -0.2) is 0 Å². The molecule has 0 aliphatic rings. The maximum Gasteiger partial charge on any atom is 0.142 e. The van der Waals surface area contributed by atoms with Gasteiger partial charge in [-0.2, -0.15) is 0 Å². The molecular weight excluding hydrogens is 326 g/mol. The fraction of sp³-hybridized carbons (Fsp3) is 0.143. The SMILES string of the molecule is ClCc1cccc(Cl)c1OCc1ccc(Cl)cc1Cl. The number of para-hydroxylation sites is 1. The molecule has 0 atom stereocenters. The summed E-state index contributed by atoms with van der Waals surface area (Å²) in [7, 11) is 0. The normalized spacial score (nSPS) is 10.5. The molecule has 0 spiro atoms. The molecule has 2 aromatic carbocycles. The summed E-state index contributed by atoms with van der Waals surface area (Å²) in [6.07, 6.45) is 0. The molecule has 0 heterocycles. The highest BCUT2D eigenvalue weighted by Gasteiger charge is 2.09. The lowest BCUT2D eigenvalue weighted by molar-refractivity contribution is 0.304. The Morgan fingerprint density at radius 2 is 1.68 bits per heavy atom. The van der Waals surface area contributed by atoms with E-state index < -0.39 is 0 Å². The summed E-state index contributed by atoms with van der Waals surface area (Å²) in [5.41, 5.74) is 1.69. The van der Waals surface area contributed by atoms with Crippen LogP contribution in [0, 0.1) is 0 Å². The number of benzene rings is 2. The second kappa shape index (κ2) is 6.71. The molecule has 0 aliphatic heterocycles. The Morgan fingerprint density at radius 3 is 2.37 bits per heavy atom. The van der Waals surface area contributed by atoms with Crippen molar-refractivity contribution in [2.75, 3.05) is 0 Å². The predicted octanol–water partition coefficient (Wildman–Crippen LogP) is 5.96. The Morgan fingerprint density at radius 1 is 0.895 bits per heavy atom. The van der Waals surface area contributed by atoms with E-state index in [9.17, 15) is 0 Å². The van der Waals surface area contributed by atoms with Gasteiger partial charge in [0.25, 0.3) is 0 Å². The Balaban J connectivity index is 2.19. The average Bonchev–Trinajstić information content (AvgIpc) is 2.39. The van der Waals surface area contributed by atoms with Crippen LogP contribution in [0.25, 0.3) is 0 Å². The Bertz CT molecular complexity index is 584. The van der Waals surface area contributed by atoms with E-state index in [0.717, 1.165) is 11.1 Å². The largest absolute Gasteiger partial charge is 0.487 e. The Hall–Kier alpha value is -0.600. The number of rotatable bonds is 4. The van der Waals surface area contributed by atoms with Gasteiger partial charge in [-0.15, -0.1) is 11.6 Å². The standard InChI is InChI=1S/C14H10Cl4O/c15-7-9-2-1-3-12(17)14(9)19-8-10-4-5-11(16)6-13(10)18/h1-6H,7-8H2. The lowest BCUT2D eigenvalue weighted by Gasteiger charge is -2.12. The first-order valence-corrected chi connectivity index (χ1v) is 7.18. The van der Waals surface area contributed by atoms with E-state index >= 15 is 0 Å². The molecule has 0 N–H and O–H groups in total. The van der Waals surface area contributed by atoms with Crippen molar-refractivity contribution in [3.05, 3.63) is 62.6 Å². The second-order valence-corrected chi connectivity index (χ2v) is 5.40. The molecule has 0 bridgehead atoms. The van der Waals surface area contributed by atoms with Crippen LogP contribution in [0.2, 0.25) is 15.1 Å². The smallest absolute Gasteiger partial charge is 0.142 e. The highest BCUT2D eigenvalue weighted by molar-refractivity contribution is 6.35. The molecule has 0 aliphatic carbocycles. The van der Waals surface area contributed by atoms with Gasteiger partial charge in [-0.05, 0) is 18.2 Å². The van der Waals surface area contributed by atoms with Gasteiger partial charge in [0.05, 0.1) is 10.9 Å². The molecule has 0 unspecified atom stereocenters. The molecular formula is C14H10Cl4O. The number of hydrogen-bond donors (Lipinski definition) is 0. The van der Waals surface area contributed by atoms with E-state index in [2.05, 4.69) is 0 Å². The van der Waals surface area contributed by atoms with Crippen LogP contribution >= 0.6 is 46.4 Å². The molecule has 5 heteroatoms. The Kier molecular flexibility index (Phi) is 5.23. The lowest BCUT2D eigenvalue weighted by atomic mass is 10.2. The lowest BCUT2D eigenvalue weighted by Crippen LogP contribution is -1.99. The molecule has 2 aromatic rings. The minimum Gasteiger partial charge on any atom is -0.487 e.